The molecule has 8 nitrogen and oxygen atoms in total. The predicted molar refractivity (Wildman–Crippen MR) is 110 cm³/mol. The highest BCUT2D eigenvalue weighted by molar-refractivity contribution is 6.21. The highest BCUT2D eigenvalue weighted by Gasteiger charge is 2.36. The SMILES string of the molecule is CCn1c(CN2C(=O)c3ccccc3C2=O)nc2ccc(CCCNC(=O)O)cc21. The quantitative estimate of drug-likeness (QED) is 0.464. The lowest BCUT2D eigenvalue weighted by Crippen LogP contribution is -2.30. The van der Waals surface area contributed by atoms with Crippen LogP contribution in [0.15, 0.2) is 42.5 Å². The first-order valence-corrected chi connectivity index (χ1v) is 9.89. The third-order valence-electron chi connectivity index (χ3n) is 5.30. The van der Waals surface area contributed by atoms with E-state index >= 15 is 0 Å². The molecular weight excluding hydrogens is 384 g/mol. The Morgan fingerprint density at radius 1 is 1.10 bits per heavy atom. The fourth-order valence-electron chi connectivity index (χ4n) is 3.86. The van der Waals surface area contributed by atoms with E-state index in [1.165, 1.54) is 4.90 Å². The fraction of sp³-hybridized carbons (Fsp3) is 0.273. The molecule has 1 aliphatic rings. The Hall–Kier alpha value is -3.68. The summed E-state index contributed by atoms with van der Waals surface area (Å²) in [6, 6.07) is 12.8. The van der Waals surface area contributed by atoms with E-state index in [0.29, 0.717) is 36.5 Å². The number of rotatable bonds is 7. The Balaban J connectivity index is 1.57. The molecule has 0 atom stereocenters. The largest absolute Gasteiger partial charge is 0.465 e. The van der Waals surface area contributed by atoms with Crippen LogP contribution in [-0.4, -0.2) is 44.0 Å². The van der Waals surface area contributed by atoms with Gasteiger partial charge in [-0.15, -0.1) is 0 Å². The lowest BCUT2D eigenvalue weighted by Gasteiger charge is -2.14. The Labute approximate surface area is 173 Å². The number of fused-ring (bicyclic) bond motifs is 2. The Morgan fingerprint density at radius 2 is 1.80 bits per heavy atom. The van der Waals surface area contributed by atoms with Crippen LogP contribution in [0.3, 0.4) is 0 Å². The van der Waals surface area contributed by atoms with Gasteiger partial charge in [-0.25, -0.2) is 9.78 Å². The van der Waals surface area contributed by atoms with Crippen molar-refractivity contribution in [2.24, 2.45) is 0 Å². The number of hydrogen-bond donors (Lipinski definition) is 2. The van der Waals surface area contributed by atoms with Gasteiger partial charge in [0, 0.05) is 13.1 Å². The van der Waals surface area contributed by atoms with E-state index in [1.54, 1.807) is 24.3 Å². The molecule has 3 aromatic rings. The molecule has 2 N–H and O–H groups in total. The summed E-state index contributed by atoms with van der Waals surface area (Å²) in [6.45, 7) is 3.16. The van der Waals surface area contributed by atoms with Crippen LogP contribution in [-0.2, 0) is 19.5 Å². The smallest absolute Gasteiger partial charge is 0.404 e. The fourth-order valence-corrected chi connectivity index (χ4v) is 3.86. The van der Waals surface area contributed by atoms with Crippen molar-refractivity contribution in [1.82, 2.24) is 19.8 Å². The average Bonchev–Trinajstić information content (AvgIpc) is 3.21. The van der Waals surface area contributed by atoms with E-state index in [-0.39, 0.29) is 18.4 Å². The zero-order chi connectivity index (χ0) is 21.3. The highest BCUT2D eigenvalue weighted by Crippen LogP contribution is 2.26. The Kier molecular flexibility index (Phi) is 5.22. The number of aromatic nitrogens is 2. The third kappa shape index (κ3) is 3.52. The van der Waals surface area contributed by atoms with E-state index in [2.05, 4.69) is 10.3 Å². The molecule has 0 unspecified atom stereocenters. The molecule has 154 valence electrons. The first-order valence-electron chi connectivity index (χ1n) is 9.89. The maximum atomic E-state index is 12.7. The zero-order valence-electron chi connectivity index (χ0n) is 16.6. The van der Waals surface area contributed by atoms with E-state index in [9.17, 15) is 14.4 Å². The molecule has 0 saturated heterocycles. The van der Waals surface area contributed by atoms with Gasteiger partial charge < -0.3 is 15.0 Å². The second-order valence-electron chi connectivity index (χ2n) is 7.17. The molecule has 0 bridgehead atoms. The molecular formula is C22H22N4O4. The number of imide groups is 1. The lowest BCUT2D eigenvalue weighted by molar-refractivity contribution is 0.0636. The molecule has 0 saturated carbocycles. The minimum Gasteiger partial charge on any atom is -0.465 e. The molecule has 0 spiro atoms. The van der Waals surface area contributed by atoms with Gasteiger partial charge in [-0.1, -0.05) is 18.2 Å². The molecule has 0 aliphatic carbocycles. The summed E-state index contributed by atoms with van der Waals surface area (Å²) in [5, 5.41) is 11.0. The summed E-state index contributed by atoms with van der Waals surface area (Å²) in [5.74, 6) is 0.0700. The monoisotopic (exact) mass is 406 g/mol. The van der Waals surface area contributed by atoms with Crippen molar-refractivity contribution in [3.8, 4) is 0 Å². The Bertz CT molecular complexity index is 1120. The number of carboxylic acid groups (broad SMARTS) is 1. The number of imidazole rings is 1. The summed E-state index contributed by atoms with van der Waals surface area (Å²) in [5.41, 5.74) is 3.68. The average molecular weight is 406 g/mol. The van der Waals surface area contributed by atoms with Crippen LogP contribution in [0.2, 0.25) is 0 Å². The molecule has 3 amide bonds. The van der Waals surface area contributed by atoms with E-state index in [0.717, 1.165) is 23.0 Å². The summed E-state index contributed by atoms with van der Waals surface area (Å²) in [7, 11) is 0. The first-order chi connectivity index (χ1) is 14.5. The first kappa shape index (κ1) is 19.6. The normalized spacial score (nSPS) is 13.2. The summed E-state index contributed by atoms with van der Waals surface area (Å²) in [4.78, 5) is 41.9. The predicted octanol–water partition coefficient (Wildman–Crippen LogP) is 3.05. The summed E-state index contributed by atoms with van der Waals surface area (Å²) in [6.07, 6.45) is 0.408. The lowest BCUT2D eigenvalue weighted by atomic mass is 10.1. The number of amides is 3. The van der Waals surface area contributed by atoms with E-state index in [4.69, 9.17) is 5.11 Å². The van der Waals surface area contributed by atoms with Gasteiger partial charge in [0.05, 0.1) is 28.7 Å². The third-order valence-corrected chi connectivity index (χ3v) is 5.30. The standard InChI is InChI=1S/C22H22N4O4/c1-2-25-18-12-14(6-5-11-23-22(29)30)9-10-17(18)24-19(25)13-26-20(27)15-7-3-4-8-16(15)21(26)28/h3-4,7-10,12,23H,2,5-6,11,13H2,1H3,(H,29,30). The molecule has 4 rings (SSSR count). The van der Waals surface area contributed by atoms with E-state index < -0.39 is 6.09 Å². The van der Waals surface area contributed by atoms with Gasteiger partial charge >= 0.3 is 6.09 Å². The zero-order valence-corrected chi connectivity index (χ0v) is 16.6. The van der Waals surface area contributed by atoms with Crippen molar-refractivity contribution in [3.63, 3.8) is 0 Å². The number of carbonyl (C=O) groups is 3. The van der Waals surface area contributed by atoms with Crippen molar-refractivity contribution >= 4 is 28.9 Å². The molecule has 0 fully saturated rings. The Morgan fingerprint density at radius 3 is 2.43 bits per heavy atom. The van der Waals surface area contributed by atoms with Crippen molar-refractivity contribution < 1.29 is 19.5 Å². The second-order valence-corrected chi connectivity index (χ2v) is 7.17. The molecule has 2 heterocycles. The van der Waals surface area contributed by atoms with Crippen LogP contribution >= 0.6 is 0 Å². The maximum absolute atomic E-state index is 12.7. The number of nitrogens with zero attached hydrogens (tertiary/aromatic N) is 3. The van der Waals surface area contributed by atoms with Crippen molar-refractivity contribution in [3.05, 3.63) is 65.0 Å². The molecule has 2 aromatic carbocycles. The van der Waals surface area contributed by atoms with Crippen LogP contribution in [0.4, 0.5) is 4.79 Å². The molecule has 0 radical (unpaired) electrons. The summed E-state index contributed by atoms with van der Waals surface area (Å²) < 4.78 is 2.01. The number of hydrogen-bond acceptors (Lipinski definition) is 4. The summed E-state index contributed by atoms with van der Waals surface area (Å²) >= 11 is 0. The number of nitrogens with one attached hydrogen (secondary N) is 1. The van der Waals surface area contributed by atoms with Gasteiger partial charge in [-0.2, -0.15) is 0 Å². The highest BCUT2D eigenvalue weighted by atomic mass is 16.4. The van der Waals surface area contributed by atoms with Crippen LogP contribution < -0.4 is 5.32 Å². The molecule has 1 aliphatic heterocycles. The molecule has 1 aromatic heterocycles. The van der Waals surface area contributed by atoms with Crippen LogP contribution in [0.1, 0.15) is 45.4 Å². The molecule has 8 heteroatoms. The van der Waals surface area contributed by atoms with Crippen LogP contribution in [0, 0.1) is 0 Å². The van der Waals surface area contributed by atoms with Gasteiger partial charge in [0.2, 0.25) is 0 Å². The molecule has 30 heavy (non-hydrogen) atoms. The van der Waals surface area contributed by atoms with Gasteiger partial charge in [0.1, 0.15) is 5.82 Å². The number of carbonyl (C=O) groups excluding carboxylic acids is 2. The van der Waals surface area contributed by atoms with Crippen LogP contribution in [0.5, 0.6) is 0 Å². The van der Waals surface area contributed by atoms with Crippen molar-refractivity contribution in [1.29, 1.82) is 0 Å². The number of aryl methyl sites for hydroxylation is 2. The van der Waals surface area contributed by atoms with Crippen molar-refractivity contribution in [2.45, 2.75) is 32.9 Å². The minimum atomic E-state index is -1.02. The maximum Gasteiger partial charge on any atom is 0.404 e. The van der Waals surface area contributed by atoms with Gasteiger partial charge in [0.25, 0.3) is 11.8 Å². The van der Waals surface area contributed by atoms with Crippen LogP contribution in [0.25, 0.3) is 11.0 Å². The second kappa shape index (κ2) is 7.98. The van der Waals surface area contributed by atoms with Gasteiger partial charge in [-0.05, 0) is 49.6 Å². The van der Waals surface area contributed by atoms with E-state index in [1.807, 2.05) is 29.7 Å². The topological polar surface area (TPSA) is 105 Å². The van der Waals surface area contributed by atoms with Gasteiger partial charge in [0.15, 0.2) is 0 Å². The van der Waals surface area contributed by atoms with Gasteiger partial charge in [-0.3, -0.25) is 14.5 Å². The number of benzene rings is 2. The van der Waals surface area contributed by atoms with Crippen molar-refractivity contribution in [2.75, 3.05) is 6.54 Å². The minimum absolute atomic E-state index is 0.118.